The Kier molecular flexibility index (Phi) is 4.99. The van der Waals surface area contributed by atoms with Crippen LogP contribution in [0.3, 0.4) is 0 Å². The van der Waals surface area contributed by atoms with E-state index in [-0.39, 0.29) is 11.9 Å². The van der Waals surface area contributed by atoms with Crippen LogP contribution in [0.1, 0.15) is 33.9 Å². The summed E-state index contributed by atoms with van der Waals surface area (Å²) in [5.74, 6) is 5.34. The van der Waals surface area contributed by atoms with E-state index in [4.69, 9.17) is 17.4 Å². The lowest BCUT2D eigenvalue weighted by atomic mass is 9.92. The van der Waals surface area contributed by atoms with Crippen LogP contribution < -0.4 is 11.3 Å². The van der Waals surface area contributed by atoms with Gasteiger partial charge in [-0.05, 0) is 61.6 Å². The van der Waals surface area contributed by atoms with E-state index in [1.54, 1.807) is 6.07 Å². The normalized spacial score (nSPS) is 12.5. The van der Waals surface area contributed by atoms with Crippen LogP contribution in [0.2, 0.25) is 5.02 Å². The number of rotatable bonds is 4. The van der Waals surface area contributed by atoms with Crippen LogP contribution >= 0.6 is 11.6 Å². The van der Waals surface area contributed by atoms with E-state index in [1.807, 2.05) is 0 Å². The molecule has 1 atom stereocenters. The molecule has 21 heavy (non-hydrogen) atoms. The maximum atomic E-state index is 13.2. The van der Waals surface area contributed by atoms with Crippen molar-refractivity contribution in [3.63, 3.8) is 0 Å². The number of nitrogens with two attached hydrogens (primary N) is 1. The van der Waals surface area contributed by atoms with E-state index in [0.29, 0.717) is 11.4 Å². The van der Waals surface area contributed by atoms with Crippen molar-refractivity contribution in [1.29, 1.82) is 0 Å². The Balaban J connectivity index is 2.36. The number of aryl methyl sites for hydroxylation is 3. The second kappa shape index (κ2) is 6.56. The van der Waals surface area contributed by atoms with Crippen LogP contribution in [0.25, 0.3) is 0 Å². The van der Waals surface area contributed by atoms with E-state index in [2.05, 4.69) is 38.3 Å². The first-order chi connectivity index (χ1) is 9.92. The van der Waals surface area contributed by atoms with Crippen LogP contribution in [0.15, 0.2) is 30.3 Å². The first kappa shape index (κ1) is 16.0. The standard InChI is InChI=1S/C17H20ClFN2/c1-10-6-11(2)15(12(3)7-10)9-17(21-20)14-5-4-13(19)8-16(14)18/h4-8,17,21H,9,20H2,1-3H3. The highest BCUT2D eigenvalue weighted by Crippen LogP contribution is 2.28. The molecule has 0 amide bonds. The Bertz CT molecular complexity index is 632. The monoisotopic (exact) mass is 306 g/mol. The molecule has 0 saturated carbocycles. The Labute approximate surface area is 130 Å². The largest absolute Gasteiger partial charge is 0.271 e. The molecule has 0 aliphatic rings. The fourth-order valence-electron chi connectivity index (χ4n) is 2.78. The second-order valence-electron chi connectivity index (χ2n) is 5.47. The van der Waals surface area contributed by atoms with Gasteiger partial charge in [0.2, 0.25) is 0 Å². The molecule has 0 aliphatic heterocycles. The lowest BCUT2D eigenvalue weighted by Crippen LogP contribution is -2.30. The first-order valence-corrected chi connectivity index (χ1v) is 7.28. The third-order valence-electron chi connectivity index (χ3n) is 3.79. The summed E-state index contributed by atoms with van der Waals surface area (Å²) in [6.45, 7) is 6.27. The summed E-state index contributed by atoms with van der Waals surface area (Å²) < 4.78 is 13.2. The molecule has 112 valence electrons. The van der Waals surface area contributed by atoms with Crippen molar-refractivity contribution in [2.24, 2.45) is 5.84 Å². The number of benzene rings is 2. The van der Waals surface area contributed by atoms with Crippen LogP contribution in [-0.2, 0) is 6.42 Å². The fraction of sp³-hybridized carbons (Fsp3) is 0.294. The zero-order valence-corrected chi connectivity index (χ0v) is 13.3. The predicted octanol–water partition coefficient (Wildman–Crippen LogP) is 4.15. The smallest absolute Gasteiger partial charge is 0.124 e. The Morgan fingerprint density at radius 1 is 1.14 bits per heavy atom. The second-order valence-corrected chi connectivity index (χ2v) is 5.87. The summed E-state index contributed by atoms with van der Waals surface area (Å²) in [4.78, 5) is 0. The first-order valence-electron chi connectivity index (χ1n) is 6.90. The fourth-order valence-corrected chi connectivity index (χ4v) is 3.08. The van der Waals surface area contributed by atoms with Crippen molar-refractivity contribution in [3.05, 3.63) is 69.0 Å². The summed E-state index contributed by atoms with van der Waals surface area (Å²) in [6, 6.07) is 8.56. The predicted molar refractivity (Wildman–Crippen MR) is 85.8 cm³/mol. The van der Waals surface area contributed by atoms with Gasteiger partial charge in [-0.2, -0.15) is 0 Å². The van der Waals surface area contributed by atoms with E-state index in [0.717, 1.165) is 5.56 Å². The number of hydrazine groups is 1. The quantitative estimate of drug-likeness (QED) is 0.658. The van der Waals surface area contributed by atoms with Crippen molar-refractivity contribution < 1.29 is 4.39 Å². The van der Waals surface area contributed by atoms with Crippen molar-refractivity contribution in [1.82, 2.24) is 5.43 Å². The third-order valence-corrected chi connectivity index (χ3v) is 4.12. The molecule has 0 saturated heterocycles. The molecule has 2 aromatic carbocycles. The van der Waals surface area contributed by atoms with E-state index < -0.39 is 0 Å². The minimum absolute atomic E-state index is 0.154. The van der Waals surface area contributed by atoms with Gasteiger partial charge in [0, 0.05) is 5.02 Å². The van der Waals surface area contributed by atoms with Gasteiger partial charge in [0.15, 0.2) is 0 Å². The highest BCUT2D eigenvalue weighted by atomic mass is 35.5. The van der Waals surface area contributed by atoms with E-state index in [9.17, 15) is 4.39 Å². The minimum Gasteiger partial charge on any atom is -0.271 e. The zero-order valence-electron chi connectivity index (χ0n) is 12.5. The number of nitrogens with one attached hydrogen (secondary N) is 1. The highest BCUT2D eigenvalue weighted by molar-refractivity contribution is 6.31. The van der Waals surface area contributed by atoms with Crippen molar-refractivity contribution in [3.8, 4) is 0 Å². The van der Waals surface area contributed by atoms with Crippen molar-refractivity contribution in [2.45, 2.75) is 33.2 Å². The van der Waals surface area contributed by atoms with Gasteiger partial charge in [0.25, 0.3) is 0 Å². The SMILES string of the molecule is Cc1cc(C)c(CC(NN)c2ccc(F)cc2Cl)c(C)c1. The molecule has 0 fully saturated rings. The molecule has 4 heteroatoms. The zero-order chi connectivity index (χ0) is 15.6. The number of halogens is 2. The van der Waals surface area contributed by atoms with Gasteiger partial charge in [-0.1, -0.05) is 35.4 Å². The molecule has 3 N–H and O–H groups in total. The van der Waals surface area contributed by atoms with Gasteiger partial charge in [0.05, 0.1) is 6.04 Å². The van der Waals surface area contributed by atoms with Crippen molar-refractivity contribution in [2.75, 3.05) is 0 Å². The van der Waals surface area contributed by atoms with Crippen LogP contribution in [0.4, 0.5) is 4.39 Å². The molecular weight excluding hydrogens is 287 g/mol. The minimum atomic E-state index is -0.345. The third kappa shape index (κ3) is 3.62. The van der Waals surface area contributed by atoms with Gasteiger partial charge in [-0.3, -0.25) is 11.3 Å². The Morgan fingerprint density at radius 3 is 2.29 bits per heavy atom. The highest BCUT2D eigenvalue weighted by Gasteiger charge is 2.17. The average molecular weight is 307 g/mol. The summed E-state index contributed by atoms with van der Waals surface area (Å²) in [6.07, 6.45) is 0.708. The topological polar surface area (TPSA) is 38.0 Å². The lowest BCUT2D eigenvalue weighted by Gasteiger charge is -2.21. The molecule has 1 unspecified atom stereocenters. The van der Waals surface area contributed by atoms with Gasteiger partial charge in [-0.15, -0.1) is 0 Å². The Morgan fingerprint density at radius 2 is 1.76 bits per heavy atom. The molecule has 0 spiro atoms. The molecule has 2 aromatic rings. The van der Waals surface area contributed by atoms with Gasteiger partial charge in [-0.25, -0.2) is 4.39 Å². The van der Waals surface area contributed by atoms with Crippen LogP contribution in [0, 0.1) is 26.6 Å². The molecule has 0 aliphatic carbocycles. The van der Waals surface area contributed by atoms with Gasteiger partial charge in [0.1, 0.15) is 5.82 Å². The summed E-state index contributed by atoms with van der Waals surface area (Å²) in [5, 5.41) is 0.389. The van der Waals surface area contributed by atoms with Gasteiger partial charge >= 0.3 is 0 Å². The molecular formula is C17H20ClFN2. The van der Waals surface area contributed by atoms with Crippen molar-refractivity contribution >= 4 is 11.6 Å². The molecule has 2 nitrogen and oxygen atoms in total. The van der Waals surface area contributed by atoms with E-state index in [1.165, 1.54) is 34.4 Å². The lowest BCUT2D eigenvalue weighted by molar-refractivity contribution is 0.547. The maximum Gasteiger partial charge on any atom is 0.124 e. The Hall–Kier alpha value is -1.42. The average Bonchev–Trinajstić information content (AvgIpc) is 2.39. The molecule has 0 radical (unpaired) electrons. The number of hydrogen-bond acceptors (Lipinski definition) is 2. The van der Waals surface area contributed by atoms with E-state index >= 15 is 0 Å². The maximum absolute atomic E-state index is 13.2. The molecule has 0 aromatic heterocycles. The summed E-state index contributed by atoms with van der Waals surface area (Å²) in [5.41, 5.74) is 8.53. The molecule has 0 bridgehead atoms. The van der Waals surface area contributed by atoms with Gasteiger partial charge < -0.3 is 0 Å². The summed E-state index contributed by atoms with van der Waals surface area (Å²) >= 11 is 6.14. The molecule has 0 heterocycles. The molecule has 2 rings (SSSR count). The van der Waals surface area contributed by atoms with Crippen LogP contribution in [0.5, 0.6) is 0 Å². The summed E-state index contributed by atoms with van der Waals surface area (Å²) in [7, 11) is 0. The van der Waals surface area contributed by atoms with Crippen LogP contribution in [-0.4, -0.2) is 0 Å². The number of hydrogen-bond donors (Lipinski definition) is 2.